The maximum Gasteiger partial charge on any atom is 0.335 e. The first kappa shape index (κ1) is 22.9. The number of amides is 2. The van der Waals surface area contributed by atoms with E-state index < -0.39 is 5.97 Å². The number of benzene rings is 2. The van der Waals surface area contributed by atoms with Crippen LogP contribution in [0.3, 0.4) is 0 Å². The van der Waals surface area contributed by atoms with Crippen LogP contribution in [0.4, 0.5) is 10.5 Å². The molecule has 1 spiro atoms. The summed E-state index contributed by atoms with van der Waals surface area (Å²) in [7, 11) is 4.35. The number of hydrogen-bond acceptors (Lipinski definition) is 3. The maximum absolute atomic E-state index is 13.8. The molecule has 1 N–H and O–H groups in total. The molecule has 1 heterocycles. The fourth-order valence-electron chi connectivity index (χ4n) is 6.29. The quantitative estimate of drug-likeness (QED) is 0.642. The predicted octanol–water partition coefficient (Wildman–Crippen LogP) is 5.20. The van der Waals surface area contributed by atoms with Crippen molar-refractivity contribution in [3.8, 4) is 0 Å². The summed E-state index contributed by atoms with van der Waals surface area (Å²) < 4.78 is 0. The lowest BCUT2D eigenvalue weighted by Gasteiger charge is -2.51. The number of nitrogens with zero attached hydrogens (tertiary/aromatic N) is 3. The van der Waals surface area contributed by atoms with Crippen LogP contribution in [0.25, 0.3) is 0 Å². The number of urea groups is 1. The van der Waals surface area contributed by atoms with E-state index in [2.05, 4.69) is 54.2 Å². The van der Waals surface area contributed by atoms with Gasteiger partial charge in [-0.15, -0.1) is 0 Å². The van der Waals surface area contributed by atoms with Gasteiger partial charge in [0.25, 0.3) is 0 Å². The molecule has 6 nitrogen and oxygen atoms in total. The molecule has 1 saturated heterocycles. The highest BCUT2D eigenvalue weighted by Crippen LogP contribution is 2.50. The van der Waals surface area contributed by atoms with Gasteiger partial charge in [-0.05, 0) is 88.4 Å². The van der Waals surface area contributed by atoms with E-state index in [1.807, 2.05) is 4.90 Å². The average Bonchev–Trinajstić information content (AvgIpc) is 3.08. The van der Waals surface area contributed by atoms with Crippen LogP contribution in [0, 0.1) is 5.92 Å². The fraction of sp³-hybridized carbons (Fsp3) is 0.500. The first-order valence-electron chi connectivity index (χ1n) is 12.5. The molecule has 34 heavy (non-hydrogen) atoms. The molecular formula is C28H35N3O3. The zero-order valence-corrected chi connectivity index (χ0v) is 20.2. The summed E-state index contributed by atoms with van der Waals surface area (Å²) >= 11 is 0. The monoisotopic (exact) mass is 461 g/mol. The highest BCUT2D eigenvalue weighted by Gasteiger charge is 2.55. The number of rotatable bonds is 6. The third-order valence-electron chi connectivity index (χ3n) is 8.75. The lowest BCUT2D eigenvalue weighted by atomic mass is 9.68. The minimum atomic E-state index is -0.949. The number of carboxylic acid groups (broad SMARTS) is 1. The Bertz CT molecular complexity index is 1040. The molecule has 3 fully saturated rings. The van der Waals surface area contributed by atoms with Crippen molar-refractivity contribution in [3.63, 3.8) is 0 Å². The van der Waals surface area contributed by atoms with Crippen molar-refractivity contribution in [3.05, 3.63) is 65.7 Å². The van der Waals surface area contributed by atoms with Gasteiger partial charge in [-0.3, -0.25) is 9.80 Å². The lowest BCUT2D eigenvalue weighted by molar-refractivity contribution is 0.0172. The third kappa shape index (κ3) is 3.78. The van der Waals surface area contributed by atoms with E-state index in [0.717, 1.165) is 37.9 Å². The number of carbonyl (C=O) groups excluding carboxylic acids is 1. The van der Waals surface area contributed by atoms with E-state index in [9.17, 15) is 14.7 Å². The third-order valence-corrected chi connectivity index (χ3v) is 8.75. The fourth-order valence-corrected chi connectivity index (χ4v) is 6.29. The van der Waals surface area contributed by atoms with Gasteiger partial charge in [0.15, 0.2) is 0 Å². The summed E-state index contributed by atoms with van der Waals surface area (Å²) in [4.78, 5) is 31.5. The van der Waals surface area contributed by atoms with Crippen LogP contribution < -0.4 is 4.90 Å². The summed E-state index contributed by atoms with van der Waals surface area (Å²) in [6.45, 7) is 1.51. The van der Waals surface area contributed by atoms with E-state index in [1.165, 1.54) is 24.8 Å². The summed E-state index contributed by atoms with van der Waals surface area (Å²) in [5.74, 6) is -0.347. The molecule has 3 aliphatic rings. The Labute approximate surface area is 202 Å². The highest BCUT2D eigenvalue weighted by atomic mass is 16.4. The molecule has 5 rings (SSSR count). The SMILES string of the molecule is CN(C)[C@]1(c2ccccc2)CC[C@@]2(CC1)CN(c1ccc(C(=O)O)cc1)C(=O)N2CC1CCC1. The zero-order chi connectivity index (χ0) is 23.9. The van der Waals surface area contributed by atoms with Crippen molar-refractivity contribution >= 4 is 17.7 Å². The molecule has 6 heteroatoms. The van der Waals surface area contributed by atoms with Crippen molar-refractivity contribution in [2.75, 3.05) is 32.1 Å². The van der Waals surface area contributed by atoms with Crippen molar-refractivity contribution in [1.29, 1.82) is 0 Å². The molecule has 2 aromatic rings. The number of aromatic carboxylic acids is 1. The maximum atomic E-state index is 13.8. The van der Waals surface area contributed by atoms with Crippen molar-refractivity contribution in [2.24, 2.45) is 5.92 Å². The normalized spacial score (nSPS) is 27.4. The largest absolute Gasteiger partial charge is 0.478 e. The van der Waals surface area contributed by atoms with E-state index in [1.54, 1.807) is 24.3 Å². The van der Waals surface area contributed by atoms with Crippen LogP contribution in [0.1, 0.15) is 60.9 Å². The average molecular weight is 462 g/mol. The van der Waals surface area contributed by atoms with Crippen molar-refractivity contribution in [1.82, 2.24) is 9.80 Å². The Morgan fingerprint density at radius 2 is 1.65 bits per heavy atom. The van der Waals surface area contributed by atoms with Gasteiger partial charge >= 0.3 is 12.0 Å². The number of carboxylic acids is 1. The molecule has 0 unspecified atom stereocenters. The molecule has 2 amide bonds. The zero-order valence-electron chi connectivity index (χ0n) is 20.2. The van der Waals surface area contributed by atoms with Gasteiger partial charge in [0.1, 0.15) is 0 Å². The first-order chi connectivity index (χ1) is 16.3. The van der Waals surface area contributed by atoms with Gasteiger partial charge in [-0.2, -0.15) is 0 Å². The van der Waals surface area contributed by atoms with Crippen LogP contribution in [0.2, 0.25) is 0 Å². The number of hydrogen-bond donors (Lipinski definition) is 1. The molecule has 2 aromatic carbocycles. The summed E-state index contributed by atoms with van der Waals surface area (Å²) in [5, 5.41) is 9.26. The van der Waals surface area contributed by atoms with Crippen LogP contribution >= 0.6 is 0 Å². The molecule has 2 aliphatic carbocycles. The number of anilines is 1. The van der Waals surface area contributed by atoms with E-state index in [4.69, 9.17) is 0 Å². The second kappa shape index (κ2) is 8.73. The van der Waals surface area contributed by atoms with Crippen LogP contribution in [-0.4, -0.2) is 59.6 Å². The molecule has 1 aliphatic heterocycles. The second-order valence-electron chi connectivity index (χ2n) is 10.6. The molecule has 0 aromatic heterocycles. The minimum Gasteiger partial charge on any atom is -0.478 e. The number of carbonyl (C=O) groups is 2. The van der Waals surface area contributed by atoms with Gasteiger partial charge in [0, 0.05) is 17.8 Å². The first-order valence-corrected chi connectivity index (χ1v) is 12.5. The second-order valence-corrected chi connectivity index (χ2v) is 10.6. The summed E-state index contributed by atoms with van der Waals surface area (Å²) in [6.07, 6.45) is 7.61. The minimum absolute atomic E-state index is 0.0196. The van der Waals surface area contributed by atoms with Gasteiger partial charge in [-0.25, -0.2) is 9.59 Å². The molecular weight excluding hydrogens is 426 g/mol. The smallest absolute Gasteiger partial charge is 0.335 e. The van der Waals surface area contributed by atoms with Crippen LogP contribution in [0.5, 0.6) is 0 Å². The van der Waals surface area contributed by atoms with Crippen LogP contribution in [0.15, 0.2) is 54.6 Å². The Morgan fingerprint density at radius 1 is 1.00 bits per heavy atom. The van der Waals surface area contributed by atoms with E-state index >= 15 is 0 Å². The summed E-state index contributed by atoms with van der Waals surface area (Å²) in [5.41, 5.74) is 2.19. The Morgan fingerprint density at radius 3 is 2.18 bits per heavy atom. The van der Waals surface area contributed by atoms with Crippen LogP contribution in [-0.2, 0) is 5.54 Å². The molecule has 180 valence electrons. The van der Waals surface area contributed by atoms with Gasteiger partial charge in [0.2, 0.25) is 0 Å². The standard InChI is InChI=1S/C28H35N3O3/c1-29(2)28(23-9-4-3-5-10-23)17-15-27(16-18-28)20-30(24-13-11-22(12-14-24)25(32)33)26(34)31(27)19-21-7-6-8-21/h3-5,9-14,21H,6-8,15-20H2,1-2H3,(H,32,33)/t27-,28-. The predicted molar refractivity (Wildman–Crippen MR) is 133 cm³/mol. The highest BCUT2D eigenvalue weighted by molar-refractivity contribution is 5.96. The Balaban J connectivity index is 1.44. The van der Waals surface area contributed by atoms with E-state index in [-0.39, 0.29) is 22.7 Å². The molecule has 0 radical (unpaired) electrons. The topological polar surface area (TPSA) is 64.1 Å². The van der Waals surface area contributed by atoms with Gasteiger partial charge in [-0.1, -0.05) is 36.8 Å². The summed E-state index contributed by atoms with van der Waals surface area (Å²) in [6, 6.07) is 17.6. The molecule has 0 bridgehead atoms. The van der Waals surface area contributed by atoms with Crippen molar-refractivity contribution < 1.29 is 14.7 Å². The molecule has 2 saturated carbocycles. The van der Waals surface area contributed by atoms with Gasteiger partial charge in [0.05, 0.1) is 17.6 Å². The Kier molecular flexibility index (Phi) is 5.88. The Hall–Kier alpha value is -2.86. The van der Waals surface area contributed by atoms with E-state index in [0.29, 0.717) is 12.5 Å². The molecule has 0 atom stereocenters. The van der Waals surface area contributed by atoms with Gasteiger partial charge < -0.3 is 10.0 Å². The van der Waals surface area contributed by atoms with Crippen molar-refractivity contribution in [2.45, 2.75) is 56.0 Å². The lowest BCUT2D eigenvalue weighted by Crippen LogP contribution is -2.56.